The molecule has 1 heterocycles. The number of carbonyl (C=O) groups is 1. The predicted molar refractivity (Wildman–Crippen MR) is 102 cm³/mol. The number of ether oxygens (including phenoxy) is 1. The second-order valence-electron chi connectivity index (χ2n) is 6.18. The Balaban J connectivity index is 1.77. The van der Waals surface area contributed by atoms with Gasteiger partial charge in [-0.05, 0) is 42.9 Å². The maximum absolute atomic E-state index is 12.3. The van der Waals surface area contributed by atoms with Crippen molar-refractivity contribution in [1.29, 1.82) is 5.26 Å². The molecule has 1 aliphatic carbocycles. The smallest absolute Gasteiger partial charge is 0.249 e. The zero-order valence-corrected chi connectivity index (χ0v) is 15.3. The standard InChI is InChI=1S/C20H20N2O3S/c1-25-17-5-3-2-4-14(17)7-9-19(24)22-20-16(11-21)15-8-6-13(12-23)10-18(15)26-20/h2-5,7,9,13,23H,6,8,10,12H2,1H3,(H,22,24). The molecule has 1 amide bonds. The number of para-hydroxylation sites is 1. The fraction of sp³-hybridized carbons (Fsp3) is 0.300. The molecule has 1 aliphatic rings. The molecule has 1 unspecified atom stereocenters. The lowest BCUT2D eigenvalue weighted by atomic mass is 9.88. The highest BCUT2D eigenvalue weighted by Gasteiger charge is 2.25. The topological polar surface area (TPSA) is 82.3 Å². The Bertz CT molecular complexity index is 880. The molecule has 3 rings (SSSR count). The highest BCUT2D eigenvalue weighted by Crippen LogP contribution is 2.39. The molecule has 6 heteroatoms. The van der Waals surface area contributed by atoms with Crippen LogP contribution in [0.2, 0.25) is 0 Å². The Kier molecular flexibility index (Phi) is 5.71. The summed E-state index contributed by atoms with van der Waals surface area (Å²) in [6.45, 7) is 0.155. The molecular weight excluding hydrogens is 348 g/mol. The third-order valence-corrected chi connectivity index (χ3v) is 5.70. The van der Waals surface area contributed by atoms with E-state index in [-0.39, 0.29) is 18.4 Å². The molecule has 0 bridgehead atoms. The number of nitrogens with one attached hydrogen (secondary N) is 1. The van der Waals surface area contributed by atoms with Crippen molar-refractivity contribution in [1.82, 2.24) is 0 Å². The number of aliphatic hydroxyl groups excluding tert-OH is 1. The number of aliphatic hydroxyl groups is 1. The number of amides is 1. The van der Waals surface area contributed by atoms with Crippen LogP contribution in [0.25, 0.3) is 6.08 Å². The Morgan fingerprint density at radius 3 is 3.04 bits per heavy atom. The van der Waals surface area contributed by atoms with Crippen LogP contribution in [0.1, 0.15) is 28.0 Å². The van der Waals surface area contributed by atoms with Gasteiger partial charge in [0.2, 0.25) is 5.91 Å². The first-order valence-corrected chi connectivity index (χ1v) is 9.25. The van der Waals surface area contributed by atoms with Crippen LogP contribution in [0, 0.1) is 17.2 Å². The molecule has 0 radical (unpaired) electrons. The number of anilines is 1. The lowest BCUT2D eigenvalue weighted by molar-refractivity contribution is -0.111. The third kappa shape index (κ3) is 3.79. The largest absolute Gasteiger partial charge is 0.496 e. The van der Waals surface area contributed by atoms with E-state index in [2.05, 4.69) is 11.4 Å². The van der Waals surface area contributed by atoms with E-state index >= 15 is 0 Å². The Morgan fingerprint density at radius 1 is 1.50 bits per heavy atom. The summed E-state index contributed by atoms with van der Waals surface area (Å²) in [5, 5.41) is 22.3. The summed E-state index contributed by atoms with van der Waals surface area (Å²) in [7, 11) is 1.59. The van der Waals surface area contributed by atoms with Gasteiger partial charge in [-0.3, -0.25) is 4.79 Å². The fourth-order valence-electron chi connectivity index (χ4n) is 3.14. The minimum absolute atomic E-state index is 0.155. The van der Waals surface area contributed by atoms with Crippen LogP contribution in [0.5, 0.6) is 5.75 Å². The van der Waals surface area contributed by atoms with E-state index in [1.807, 2.05) is 24.3 Å². The van der Waals surface area contributed by atoms with Gasteiger partial charge in [0.25, 0.3) is 0 Å². The monoisotopic (exact) mass is 368 g/mol. The highest BCUT2D eigenvalue weighted by atomic mass is 32.1. The Morgan fingerprint density at radius 2 is 2.31 bits per heavy atom. The number of carbonyl (C=O) groups excluding carboxylic acids is 1. The molecular formula is C20H20N2O3S. The normalized spacial score (nSPS) is 16.1. The highest BCUT2D eigenvalue weighted by molar-refractivity contribution is 7.16. The van der Waals surface area contributed by atoms with Crippen LogP contribution in [-0.2, 0) is 17.6 Å². The summed E-state index contributed by atoms with van der Waals surface area (Å²) in [4.78, 5) is 13.4. The summed E-state index contributed by atoms with van der Waals surface area (Å²) in [6, 6.07) is 9.66. The van der Waals surface area contributed by atoms with Gasteiger partial charge in [0.05, 0.1) is 12.7 Å². The van der Waals surface area contributed by atoms with Crippen molar-refractivity contribution in [3.63, 3.8) is 0 Å². The van der Waals surface area contributed by atoms with Crippen LogP contribution in [-0.4, -0.2) is 24.7 Å². The predicted octanol–water partition coefficient (Wildman–Crippen LogP) is 3.38. The van der Waals surface area contributed by atoms with Crippen LogP contribution in [0.4, 0.5) is 5.00 Å². The summed E-state index contributed by atoms with van der Waals surface area (Å²) in [6.07, 6.45) is 5.53. The maximum Gasteiger partial charge on any atom is 0.249 e. The summed E-state index contributed by atoms with van der Waals surface area (Å²) >= 11 is 1.44. The first-order valence-electron chi connectivity index (χ1n) is 8.43. The zero-order chi connectivity index (χ0) is 18.5. The summed E-state index contributed by atoms with van der Waals surface area (Å²) in [5.41, 5.74) is 2.38. The molecule has 1 aromatic heterocycles. The molecule has 134 valence electrons. The molecule has 2 aromatic rings. The van der Waals surface area contributed by atoms with Crippen LogP contribution >= 0.6 is 11.3 Å². The average molecular weight is 368 g/mol. The first kappa shape index (κ1) is 18.2. The molecule has 1 atom stereocenters. The lowest BCUT2D eigenvalue weighted by Gasteiger charge is -2.19. The van der Waals surface area contributed by atoms with Gasteiger partial charge in [-0.2, -0.15) is 5.26 Å². The van der Waals surface area contributed by atoms with Gasteiger partial charge in [0, 0.05) is 23.1 Å². The summed E-state index contributed by atoms with van der Waals surface area (Å²) in [5.74, 6) is 0.641. The number of nitriles is 1. The first-order chi connectivity index (χ1) is 12.7. The number of thiophene rings is 1. The number of nitrogens with zero attached hydrogens (tertiary/aromatic N) is 1. The SMILES string of the molecule is COc1ccccc1C=CC(=O)Nc1sc2c(c1C#N)CCC(CO)C2. The van der Waals surface area contributed by atoms with Crippen molar-refractivity contribution in [3.05, 3.63) is 51.9 Å². The number of methoxy groups -OCH3 is 1. The van der Waals surface area contributed by atoms with Crippen molar-refractivity contribution in [2.24, 2.45) is 5.92 Å². The van der Waals surface area contributed by atoms with Crippen molar-refractivity contribution < 1.29 is 14.6 Å². The molecule has 5 nitrogen and oxygen atoms in total. The summed E-state index contributed by atoms with van der Waals surface area (Å²) < 4.78 is 5.26. The second-order valence-corrected chi connectivity index (χ2v) is 7.28. The number of hydrogen-bond acceptors (Lipinski definition) is 5. The molecule has 2 N–H and O–H groups in total. The molecule has 0 saturated carbocycles. The maximum atomic E-state index is 12.3. The number of fused-ring (bicyclic) bond motifs is 1. The molecule has 1 aromatic carbocycles. The molecule has 0 aliphatic heterocycles. The fourth-order valence-corrected chi connectivity index (χ4v) is 4.45. The molecule has 0 fully saturated rings. The average Bonchev–Trinajstić information content (AvgIpc) is 3.02. The van der Waals surface area contributed by atoms with E-state index in [9.17, 15) is 15.2 Å². The van der Waals surface area contributed by atoms with Gasteiger partial charge < -0.3 is 15.2 Å². The van der Waals surface area contributed by atoms with Crippen molar-refractivity contribution in [2.45, 2.75) is 19.3 Å². The number of rotatable bonds is 5. The van der Waals surface area contributed by atoms with Crippen molar-refractivity contribution in [2.75, 3.05) is 19.0 Å². The van der Waals surface area contributed by atoms with Crippen LogP contribution in [0.15, 0.2) is 30.3 Å². The van der Waals surface area contributed by atoms with Crippen LogP contribution < -0.4 is 10.1 Å². The van der Waals surface area contributed by atoms with Crippen molar-refractivity contribution >= 4 is 28.3 Å². The minimum Gasteiger partial charge on any atom is -0.496 e. The van der Waals surface area contributed by atoms with E-state index in [0.717, 1.165) is 35.3 Å². The van der Waals surface area contributed by atoms with Crippen LogP contribution in [0.3, 0.4) is 0 Å². The Hall–Kier alpha value is -2.62. The van der Waals surface area contributed by atoms with Gasteiger partial charge in [0.15, 0.2) is 0 Å². The molecule has 0 spiro atoms. The number of hydrogen-bond donors (Lipinski definition) is 2. The quantitative estimate of drug-likeness (QED) is 0.793. The van der Waals surface area contributed by atoms with Crippen molar-refractivity contribution in [3.8, 4) is 11.8 Å². The lowest BCUT2D eigenvalue weighted by Crippen LogP contribution is -2.16. The second kappa shape index (κ2) is 8.17. The van der Waals surface area contributed by atoms with E-state index in [1.54, 1.807) is 13.2 Å². The third-order valence-electron chi connectivity index (χ3n) is 4.53. The molecule has 0 saturated heterocycles. The minimum atomic E-state index is -0.287. The zero-order valence-electron chi connectivity index (χ0n) is 14.5. The van der Waals surface area contributed by atoms with Gasteiger partial charge in [-0.1, -0.05) is 18.2 Å². The van der Waals surface area contributed by atoms with E-state index in [4.69, 9.17) is 4.74 Å². The van der Waals surface area contributed by atoms with Gasteiger partial charge in [0.1, 0.15) is 16.8 Å². The van der Waals surface area contributed by atoms with Gasteiger partial charge in [-0.15, -0.1) is 11.3 Å². The van der Waals surface area contributed by atoms with E-state index in [0.29, 0.717) is 16.3 Å². The van der Waals surface area contributed by atoms with E-state index < -0.39 is 0 Å². The van der Waals surface area contributed by atoms with Gasteiger partial charge >= 0.3 is 0 Å². The Labute approximate surface area is 156 Å². The molecule has 26 heavy (non-hydrogen) atoms. The van der Waals surface area contributed by atoms with Gasteiger partial charge in [-0.25, -0.2) is 0 Å². The van der Waals surface area contributed by atoms with E-state index in [1.165, 1.54) is 17.4 Å². The number of benzene rings is 1.